The molecule has 1 amide bonds. The molecule has 1 saturated heterocycles. The van der Waals surface area contributed by atoms with Crippen molar-refractivity contribution in [3.8, 4) is 17.1 Å². The topological polar surface area (TPSA) is 100 Å². The number of carbonyl (C=O) groups excluding carboxylic acids is 1. The number of aryl methyl sites for hydroxylation is 2. The number of methoxy groups -OCH3 is 1. The minimum absolute atomic E-state index is 0.130. The summed E-state index contributed by atoms with van der Waals surface area (Å²) in [5.74, 6) is 1.09. The molecule has 0 radical (unpaired) electrons. The van der Waals surface area contributed by atoms with Crippen molar-refractivity contribution in [1.29, 1.82) is 0 Å². The maximum absolute atomic E-state index is 13.8. The minimum Gasteiger partial charge on any atom is -0.494 e. The first-order chi connectivity index (χ1) is 21.8. The lowest BCUT2D eigenvalue weighted by atomic mass is 9.79. The lowest BCUT2D eigenvalue weighted by molar-refractivity contribution is 0.0902. The molecule has 1 atom stereocenters. The SMILES string of the molecule is CCC1=CC=CCC1(CC)NC(=O)c1nn(C)c2c1CCc1cnc(Nc3ccc(N4CCC(N(C)C)CC4)cc3OC)nc1-2. The molecule has 2 aliphatic carbocycles. The van der Waals surface area contributed by atoms with Crippen molar-refractivity contribution in [2.45, 2.75) is 70.4 Å². The van der Waals surface area contributed by atoms with Gasteiger partial charge in [-0.15, -0.1) is 0 Å². The van der Waals surface area contributed by atoms with Crippen LogP contribution < -0.4 is 20.3 Å². The van der Waals surface area contributed by atoms with E-state index in [4.69, 9.17) is 14.8 Å². The summed E-state index contributed by atoms with van der Waals surface area (Å²) >= 11 is 0. The first-order valence-corrected chi connectivity index (χ1v) is 16.2. The molecule has 10 nitrogen and oxygen atoms in total. The second kappa shape index (κ2) is 12.7. The summed E-state index contributed by atoms with van der Waals surface area (Å²) in [7, 11) is 7.90. The Balaban J connectivity index is 1.24. The lowest BCUT2D eigenvalue weighted by Crippen LogP contribution is -2.50. The normalized spacial score (nSPS) is 19.6. The number of anilines is 3. The van der Waals surface area contributed by atoms with Crippen LogP contribution in [0.5, 0.6) is 5.75 Å². The summed E-state index contributed by atoms with van der Waals surface area (Å²) in [5.41, 5.74) is 6.97. The van der Waals surface area contributed by atoms with E-state index in [1.165, 1.54) is 5.57 Å². The Morgan fingerprint density at radius 1 is 1.18 bits per heavy atom. The third-order valence-corrected chi connectivity index (χ3v) is 9.94. The summed E-state index contributed by atoms with van der Waals surface area (Å²) in [6.45, 7) is 6.32. The molecule has 1 unspecified atom stereocenters. The van der Waals surface area contributed by atoms with Crippen molar-refractivity contribution < 1.29 is 9.53 Å². The zero-order valence-corrected chi connectivity index (χ0v) is 27.5. The van der Waals surface area contributed by atoms with Gasteiger partial charge < -0.3 is 25.2 Å². The highest BCUT2D eigenvalue weighted by Crippen LogP contribution is 2.37. The van der Waals surface area contributed by atoms with E-state index in [1.54, 1.807) is 11.8 Å². The van der Waals surface area contributed by atoms with E-state index in [2.05, 4.69) is 83.7 Å². The van der Waals surface area contributed by atoms with Crippen LogP contribution in [0.25, 0.3) is 11.4 Å². The van der Waals surface area contributed by atoms with Crippen molar-refractivity contribution in [1.82, 2.24) is 30.0 Å². The van der Waals surface area contributed by atoms with Gasteiger partial charge in [-0.25, -0.2) is 9.97 Å². The summed E-state index contributed by atoms with van der Waals surface area (Å²) < 4.78 is 7.60. The molecule has 3 aliphatic rings. The molecule has 2 N–H and O–H groups in total. The van der Waals surface area contributed by atoms with Crippen LogP contribution in [0.2, 0.25) is 0 Å². The van der Waals surface area contributed by atoms with Gasteiger partial charge in [0.15, 0.2) is 5.69 Å². The largest absolute Gasteiger partial charge is 0.494 e. The number of rotatable bonds is 9. The van der Waals surface area contributed by atoms with E-state index in [0.717, 1.165) is 91.3 Å². The van der Waals surface area contributed by atoms with Crippen molar-refractivity contribution >= 4 is 23.2 Å². The van der Waals surface area contributed by atoms with Crippen molar-refractivity contribution in [3.63, 3.8) is 0 Å². The highest BCUT2D eigenvalue weighted by Gasteiger charge is 2.36. The number of hydrogen-bond donors (Lipinski definition) is 2. The van der Waals surface area contributed by atoms with Crippen LogP contribution in [-0.2, 0) is 19.9 Å². The fourth-order valence-electron chi connectivity index (χ4n) is 7.21. The van der Waals surface area contributed by atoms with Gasteiger partial charge in [-0.1, -0.05) is 32.1 Å². The molecule has 3 aromatic rings. The van der Waals surface area contributed by atoms with E-state index in [1.807, 2.05) is 19.3 Å². The zero-order valence-electron chi connectivity index (χ0n) is 27.5. The Bertz CT molecular complexity index is 1630. The number of benzene rings is 1. The van der Waals surface area contributed by atoms with Crippen LogP contribution in [0.3, 0.4) is 0 Å². The lowest BCUT2D eigenvalue weighted by Gasteiger charge is -2.37. The zero-order chi connectivity index (χ0) is 31.7. The van der Waals surface area contributed by atoms with Crippen LogP contribution in [0.1, 0.15) is 67.6 Å². The Labute approximate surface area is 266 Å². The average Bonchev–Trinajstić information content (AvgIpc) is 3.41. The van der Waals surface area contributed by atoms with Gasteiger partial charge in [0, 0.05) is 49.7 Å². The van der Waals surface area contributed by atoms with Crippen LogP contribution in [-0.4, -0.2) is 76.4 Å². The number of aromatic nitrogens is 4. The molecule has 3 heterocycles. The predicted octanol–water partition coefficient (Wildman–Crippen LogP) is 5.43. The molecule has 45 heavy (non-hydrogen) atoms. The summed E-state index contributed by atoms with van der Waals surface area (Å²) in [4.78, 5) is 28.2. The molecule has 0 saturated carbocycles. The van der Waals surface area contributed by atoms with E-state index in [9.17, 15) is 4.79 Å². The first-order valence-electron chi connectivity index (χ1n) is 16.2. The van der Waals surface area contributed by atoms with Gasteiger partial charge in [0.2, 0.25) is 5.95 Å². The Hall–Kier alpha value is -4.18. The highest BCUT2D eigenvalue weighted by molar-refractivity contribution is 5.96. The van der Waals surface area contributed by atoms with E-state index in [0.29, 0.717) is 24.1 Å². The molecule has 2 aromatic heterocycles. The molecule has 1 aromatic carbocycles. The molecule has 6 rings (SSSR count). The molecule has 0 bridgehead atoms. The summed E-state index contributed by atoms with van der Waals surface area (Å²) in [6.07, 6.45) is 14.5. The van der Waals surface area contributed by atoms with Gasteiger partial charge in [-0.05, 0) is 82.3 Å². The van der Waals surface area contributed by atoms with Gasteiger partial charge >= 0.3 is 0 Å². The summed E-state index contributed by atoms with van der Waals surface area (Å²) in [5, 5.41) is 11.5. The number of amides is 1. The van der Waals surface area contributed by atoms with Crippen LogP contribution >= 0.6 is 0 Å². The maximum Gasteiger partial charge on any atom is 0.272 e. The molecule has 1 fully saturated rings. The molecule has 0 spiro atoms. The van der Waals surface area contributed by atoms with Crippen LogP contribution in [0, 0.1) is 0 Å². The highest BCUT2D eigenvalue weighted by atomic mass is 16.5. The second-order valence-electron chi connectivity index (χ2n) is 12.6. The van der Waals surface area contributed by atoms with Crippen LogP contribution in [0.15, 0.2) is 48.2 Å². The predicted molar refractivity (Wildman–Crippen MR) is 179 cm³/mol. The minimum atomic E-state index is -0.381. The monoisotopic (exact) mass is 610 g/mol. The maximum atomic E-state index is 13.8. The number of carbonyl (C=O) groups is 1. The third kappa shape index (κ3) is 5.83. The van der Waals surface area contributed by atoms with E-state index >= 15 is 0 Å². The fourth-order valence-corrected chi connectivity index (χ4v) is 7.21. The number of nitrogens with zero attached hydrogens (tertiary/aromatic N) is 6. The average molecular weight is 611 g/mol. The van der Waals surface area contributed by atoms with Crippen LogP contribution in [0.4, 0.5) is 17.3 Å². The van der Waals surface area contributed by atoms with Crippen molar-refractivity contribution in [2.24, 2.45) is 7.05 Å². The van der Waals surface area contributed by atoms with Crippen molar-refractivity contribution in [2.75, 3.05) is 44.5 Å². The first kappa shape index (κ1) is 30.8. The standard InChI is InChI=1S/C35H46N8O2/c1-7-24-11-9-10-18-35(24,8-2)39-33(44)31-27-14-12-23-22-36-34(38-30(23)32(27)42(5)40-31)37-28-15-13-26(21-29(28)45-6)43-19-16-25(17-20-43)41(3)4/h9-11,13,15,21-22,25H,7-8,12,14,16-20H2,1-6H3,(H,39,44)(H,36,37,38). The number of allylic oxidation sites excluding steroid dienone is 2. The van der Waals surface area contributed by atoms with Crippen molar-refractivity contribution in [3.05, 3.63) is 65.0 Å². The second-order valence-corrected chi connectivity index (χ2v) is 12.6. The van der Waals surface area contributed by atoms with E-state index in [-0.39, 0.29) is 11.4 Å². The molecule has 238 valence electrons. The number of ether oxygens (including phenoxy) is 1. The molecular weight excluding hydrogens is 564 g/mol. The van der Waals surface area contributed by atoms with E-state index < -0.39 is 0 Å². The van der Waals surface area contributed by atoms with Gasteiger partial charge in [-0.2, -0.15) is 5.10 Å². The number of fused-ring (bicyclic) bond motifs is 3. The number of nitrogens with one attached hydrogen (secondary N) is 2. The third-order valence-electron chi connectivity index (χ3n) is 9.94. The molecule has 1 aliphatic heterocycles. The molecule has 10 heteroatoms. The van der Waals surface area contributed by atoms with Gasteiger partial charge in [0.25, 0.3) is 5.91 Å². The van der Waals surface area contributed by atoms with Gasteiger partial charge in [0.1, 0.15) is 5.75 Å². The smallest absolute Gasteiger partial charge is 0.272 e. The Kier molecular flexibility index (Phi) is 8.68. The molecular formula is C35H46N8O2. The Morgan fingerprint density at radius 2 is 1.98 bits per heavy atom. The quantitative estimate of drug-likeness (QED) is 0.331. The Morgan fingerprint density at radius 3 is 2.69 bits per heavy atom. The van der Waals surface area contributed by atoms with Gasteiger partial charge in [-0.3, -0.25) is 9.48 Å². The van der Waals surface area contributed by atoms with Gasteiger partial charge in [0.05, 0.1) is 29.7 Å². The number of hydrogen-bond acceptors (Lipinski definition) is 8. The fraction of sp³-hybridized carbons (Fsp3) is 0.486. The number of piperidine rings is 1. The summed E-state index contributed by atoms with van der Waals surface area (Å²) in [6, 6.07) is 6.89.